The zero-order valence-electron chi connectivity index (χ0n) is 14.7. The molecular weight excluding hydrogens is 434 g/mol. The topological polar surface area (TPSA) is 81.7 Å². The van der Waals surface area contributed by atoms with E-state index < -0.39 is 32.6 Å². The highest BCUT2D eigenvalue weighted by atomic mass is 79.9. The van der Waals surface area contributed by atoms with Crippen molar-refractivity contribution in [2.45, 2.75) is 35.1 Å². The summed E-state index contributed by atoms with van der Waals surface area (Å²) in [5, 5.41) is 1.53. The number of hydrogen-bond donors (Lipinski definition) is 1. The number of sulfone groups is 1. The molecule has 142 valence electrons. The predicted octanol–water partition coefficient (Wildman–Crippen LogP) is 3.01. The van der Waals surface area contributed by atoms with Gasteiger partial charge in [0.2, 0.25) is 5.91 Å². The largest absolute Gasteiger partial charge is 0.497 e. The lowest BCUT2D eigenvalue weighted by Crippen LogP contribution is -2.63. The Balaban J connectivity index is 1.84. The molecule has 0 radical (unpaired) electrons. The molecule has 3 unspecified atom stereocenters. The van der Waals surface area contributed by atoms with Gasteiger partial charge < -0.3 is 14.8 Å². The molecule has 27 heavy (non-hydrogen) atoms. The van der Waals surface area contributed by atoms with E-state index in [0.717, 1.165) is 4.47 Å². The first-order chi connectivity index (χ1) is 12.7. The van der Waals surface area contributed by atoms with Gasteiger partial charge in [-0.1, -0.05) is 22.0 Å². The fourth-order valence-electron chi connectivity index (χ4n) is 3.84. The molecule has 2 aliphatic rings. The maximum atomic E-state index is 13.3. The molecule has 8 heteroatoms. The van der Waals surface area contributed by atoms with Gasteiger partial charge in [-0.3, -0.25) is 4.79 Å². The van der Waals surface area contributed by atoms with Crippen molar-refractivity contribution in [3.05, 3.63) is 52.5 Å². The van der Waals surface area contributed by atoms with Crippen LogP contribution in [0.4, 0.5) is 0 Å². The highest BCUT2D eigenvalue weighted by molar-refractivity contribution is 9.10. The molecule has 4 rings (SSSR count). The molecule has 1 amide bonds. The lowest BCUT2D eigenvalue weighted by molar-refractivity contribution is -0.132. The summed E-state index contributed by atoms with van der Waals surface area (Å²) in [5.74, 6) is 0.0882. The number of nitrogens with one attached hydrogen (secondary N) is 1. The smallest absolute Gasteiger partial charge is 0.242 e. The average Bonchev–Trinajstić information content (AvgIpc) is 2.60. The van der Waals surface area contributed by atoms with Crippen LogP contribution in [-0.2, 0) is 14.6 Å². The Morgan fingerprint density at radius 1 is 1.22 bits per heavy atom. The van der Waals surface area contributed by atoms with Gasteiger partial charge in [0, 0.05) is 22.9 Å². The number of hydrogen-bond acceptors (Lipinski definition) is 5. The van der Waals surface area contributed by atoms with Crippen molar-refractivity contribution >= 4 is 31.7 Å². The van der Waals surface area contributed by atoms with E-state index in [2.05, 4.69) is 21.2 Å². The van der Waals surface area contributed by atoms with Crippen LogP contribution < -0.4 is 14.8 Å². The highest BCUT2D eigenvalue weighted by Crippen LogP contribution is 2.48. The number of amides is 1. The molecule has 1 saturated heterocycles. The van der Waals surface area contributed by atoms with E-state index in [9.17, 15) is 13.2 Å². The molecular formula is C19H18BrNO5S. The van der Waals surface area contributed by atoms with E-state index in [0.29, 0.717) is 23.5 Å². The van der Waals surface area contributed by atoms with Crippen molar-refractivity contribution in [1.82, 2.24) is 5.32 Å². The number of halogens is 1. The number of benzene rings is 2. The van der Waals surface area contributed by atoms with Crippen LogP contribution in [0.2, 0.25) is 0 Å². The normalized spacial score (nSPS) is 26.6. The zero-order chi connectivity index (χ0) is 19.4. The SMILES string of the molecule is COc1ccc2c(c1)OC1(C)CC2C(S(=O)(=O)c2ccc(Br)cc2)C(=O)N1. The Morgan fingerprint density at radius 2 is 1.93 bits per heavy atom. The van der Waals surface area contributed by atoms with Crippen molar-refractivity contribution in [2.24, 2.45) is 0 Å². The van der Waals surface area contributed by atoms with Crippen molar-refractivity contribution in [2.75, 3.05) is 7.11 Å². The summed E-state index contributed by atoms with van der Waals surface area (Å²) >= 11 is 3.30. The summed E-state index contributed by atoms with van der Waals surface area (Å²) in [4.78, 5) is 13.0. The minimum Gasteiger partial charge on any atom is -0.497 e. The molecule has 0 spiro atoms. The van der Waals surface area contributed by atoms with Gasteiger partial charge in [0.05, 0.1) is 12.0 Å². The molecule has 2 aromatic rings. The van der Waals surface area contributed by atoms with Crippen molar-refractivity contribution in [1.29, 1.82) is 0 Å². The second kappa shape index (κ2) is 6.24. The van der Waals surface area contributed by atoms with Gasteiger partial charge in [0.1, 0.15) is 11.5 Å². The van der Waals surface area contributed by atoms with E-state index in [1.807, 2.05) is 0 Å². The third-order valence-electron chi connectivity index (χ3n) is 5.05. The maximum Gasteiger partial charge on any atom is 0.242 e. The van der Waals surface area contributed by atoms with Gasteiger partial charge in [-0.05, 0) is 42.8 Å². The average molecular weight is 452 g/mol. The van der Waals surface area contributed by atoms with Crippen molar-refractivity contribution in [3.8, 4) is 11.5 Å². The van der Waals surface area contributed by atoms with E-state index in [1.54, 1.807) is 44.4 Å². The van der Waals surface area contributed by atoms with E-state index in [1.165, 1.54) is 12.1 Å². The van der Waals surface area contributed by atoms with Crippen LogP contribution >= 0.6 is 15.9 Å². The fraction of sp³-hybridized carbons (Fsp3) is 0.316. The van der Waals surface area contributed by atoms with Crippen LogP contribution in [0.5, 0.6) is 11.5 Å². The summed E-state index contributed by atoms with van der Waals surface area (Å²) in [6.07, 6.45) is 0.374. The number of carbonyl (C=O) groups is 1. The fourth-order valence-corrected chi connectivity index (χ4v) is 5.93. The van der Waals surface area contributed by atoms with Crippen LogP contribution in [0.1, 0.15) is 24.8 Å². The number of piperidine rings is 1. The third kappa shape index (κ3) is 3.00. The van der Waals surface area contributed by atoms with Gasteiger partial charge >= 0.3 is 0 Å². The minimum atomic E-state index is -3.88. The molecule has 1 fully saturated rings. The number of fused-ring (bicyclic) bond motifs is 4. The maximum absolute atomic E-state index is 13.3. The Hall–Kier alpha value is -2.06. The van der Waals surface area contributed by atoms with Crippen LogP contribution in [0.15, 0.2) is 51.8 Å². The first-order valence-corrected chi connectivity index (χ1v) is 10.8. The van der Waals surface area contributed by atoms with Crippen LogP contribution in [0, 0.1) is 0 Å². The van der Waals surface area contributed by atoms with Crippen molar-refractivity contribution in [3.63, 3.8) is 0 Å². The van der Waals surface area contributed by atoms with E-state index in [4.69, 9.17) is 9.47 Å². The Kier molecular flexibility index (Phi) is 4.23. The summed E-state index contributed by atoms with van der Waals surface area (Å²) < 4.78 is 38.6. The molecule has 3 atom stereocenters. The predicted molar refractivity (Wildman–Crippen MR) is 103 cm³/mol. The first-order valence-electron chi connectivity index (χ1n) is 8.42. The van der Waals surface area contributed by atoms with Crippen molar-refractivity contribution < 1.29 is 22.7 Å². The van der Waals surface area contributed by atoms with Gasteiger partial charge in [0.15, 0.2) is 20.8 Å². The third-order valence-corrected chi connectivity index (χ3v) is 7.72. The molecule has 0 saturated carbocycles. The summed E-state index contributed by atoms with van der Waals surface area (Å²) in [6, 6.07) is 11.6. The number of methoxy groups -OCH3 is 1. The number of ether oxygens (including phenoxy) is 2. The lowest BCUT2D eigenvalue weighted by atomic mass is 9.81. The summed E-state index contributed by atoms with van der Waals surface area (Å²) in [5.41, 5.74) is -0.249. The minimum absolute atomic E-state index is 0.121. The number of rotatable bonds is 3. The second-order valence-corrected chi connectivity index (χ2v) is 9.94. The molecule has 0 aromatic heterocycles. The van der Waals surface area contributed by atoms with Gasteiger partial charge in [0.25, 0.3) is 0 Å². The highest BCUT2D eigenvalue weighted by Gasteiger charge is 2.54. The Morgan fingerprint density at radius 3 is 2.59 bits per heavy atom. The van der Waals surface area contributed by atoms with Crippen LogP contribution in [-0.4, -0.2) is 32.4 Å². The Labute approximate surface area is 165 Å². The number of carbonyl (C=O) groups excluding carboxylic acids is 1. The molecule has 1 N–H and O–H groups in total. The monoisotopic (exact) mass is 451 g/mol. The van der Waals surface area contributed by atoms with Gasteiger partial charge in [-0.25, -0.2) is 8.42 Å². The second-order valence-electron chi connectivity index (χ2n) is 6.96. The summed E-state index contributed by atoms with van der Waals surface area (Å²) in [6.45, 7) is 1.75. The Bertz CT molecular complexity index is 1020. The van der Waals surface area contributed by atoms with Crippen LogP contribution in [0.3, 0.4) is 0 Å². The van der Waals surface area contributed by atoms with E-state index >= 15 is 0 Å². The molecule has 6 nitrogen and oxygen atoms in total. The molecule has 0 aliphatic carbocycles. The quantitative estimate of drug-likeness (QED) is 0.775. The molecule has 2 aliphatic heterocycles. The molecule has 2 aromatic carbocycles. The zero-order valence-corrected chi connectivity index (χ0v) is 17.1. The van der Waals surface area contributed by atoms with Crippen LogP contribution in [0.25, 0.3) is 0 Å². The summed E-state index contributed by atoms with van der Waals surface area (Å²) in [7, 11) is -2.33. The van der Waals surface area contributed by atoms with E-state index in [-0.39, 0.29) is 4.90 Å². The van der Waals surface area contributed by atoms with Gasteiger partial charge in [-0.2, -0.15) is 0 Å². The first kappa shape index (κ1) is 18.3. The molecule has 2 heterocycles. The van der Waals surface area contributed by atoms with Gasteiger partial charge in [-0.15, -0.1) is 0 Å². The lowest BCUT2D eigenvalue weighted by Gasteiger charge is -2.46. The molecule has 2 bridgehead atoms. The standard InChI is InChI=1S/C19H18BrNO5S/c1-19-10-15(14-8-5-12(25-2)9-16(14)26-19)17(18(22)21-19)27(23,24)13-6-3-11(20)4-7-13/h3-9,15,17H,10H2,1-2H3,(H,21,22).